The number of hydrogen-bond acceptors (Lipinski definition) is 4. The summed E-state index contributed by atoms with van der Waals surface area (Å²) in [6.45, 7) is 5.27. The van der Waals surface area contributed by atoms with Crippen molar-refractivity contribution in [2.45, 2.75) is 39.2 Å². The molecule has 1 N–H and O–H groups in total. The summed E-state index contributed by atoms with van der Waals surface area (Å²) in [6.07, 6.45) is 5.52. The fourth-order valence-electron chi connectivity index (χ4n) is 2.68. The van der Waals surface area contributed by atoms with Gasteiger partial charge >= 0.3 is 0 Å². The van der Waals surface area contributed by atoms with Crippen molar-refractivity contribution in [2.75, 3.05) is 6.54 Å². The largest absolute Gasteiger partial charge is 0.310 e. The van der Waals surface area contributed by atoms with Crippen molar-refractivity contribution >= 4 is 11.3 Å². The summed E-state index contributed by atoms with van der Waals surface area (Å²) in [6, 6.07) is 4.68. The molecule has 0 amide bonds. The van der Waals surface area contributed by atoms with Crippen LogP contribution in [0.1, 0.15) is 41.9 Å². The lowest BCUT2D eigenvalue weighted by Gasteiger charge is -2.25. The summed E-state index contributed by atoms with van der Waals surface area (Å²) in [7, 11) is 0. The lowest BCUT2D eigenvalue weighted by Crippen LogP contribution is -2.25. The highest BCUT2D eigenvalue weighted by Gasteiger charge is 2.21. The van der Waals surface area contributed by atoms with Gasteiger partial charge in [-0.05, 0) is 44.9 Å². The molecule has 19 heavy (non-hydrogen) atoms. The summed E-state index contributed by atoms with van der Waals surface area (Å²) < 4.78 is 0. The highest BCUT2D eigenvalue weighted by atomic mass is 32.1. The fraction of sp³-hybridized carbons (Fsp3) is 0.467. The molecule has 4 heteroatoms. The van der Waals surface area contributed by atoms with Gasteiger partial charge in [0.05, 0.1) is 4.88 Å². The number of fused-ring (bicyclic) bond motifs is 1. The predicted molar refractivity (Wildman–Crippen MR) is 79.4 cm³/mol. The number of thiophene rings is 1. The molecule has 2 aromatic heterocycles. The van der Waals surface area contributed by atoms with Gasteiger partial charge in [-0.1, -0.05) is 6.92 Å². The minimum absolute atomic E-state index is 0.438. The maximum Gasteiger partial charge on any atom is 0.169 e. The second-order valence-electron chi connectivity index (χ2n) is 5.01. The monoisotopic (exact) mass is 273 g/mol. The van der Waals surface area contributed by atoms with Crippen LogP contribution in [0.2, 0.25) is 0 Å². The Morgan fingerprint density at radius 3 is 3.05 bits per heavy atom. The van der Waals surface area contributed by atoms with Crippen LogP contribution in [0, 0.1) is 6.92 Å². The molecule has 0 spiro atoms. The Bertz CT molecular complexity index is 577. The van der Waals surface area contributed by atoms with Gasteiger partial charge in [-0.3, -0.25) is 0 Å². The summed E-state index contributed by atoms with van der Waals surface area (Å²) in [4.78, 5) is 11.8. The molecule has 1 unspecified atom stereocenters. The Balaban J connectivity index is 1.95. The molecule has 0 aromatic carbocycles. The minimum Gasteiger partial charge on any atom is -0.310 e. The molecule has 0 radical (unpaired) electrons. The van der Waals surface area contributed by atoms with Crippen LogP contribution in [0.3, 0.4) is 0 Å². The average molecular weight is 273 g/mol. The first-order valence-corrected chi connectivity index (χ1v) is 7.75. The molecular weight excluding hydrogens is 254 g/mol. The smallest absolute Gasteiger partial charge is 0.169 e. The maximum absolute atomic E-state index is 4.79. The van der Waals surface area contributed by atoms with Crippen LogP contribution in [0.25, 0.3) is 10.7 Å². The van der Waals surface area contributed by atoms with E-state index in [0.29, 0.717) is 6.04 Å². The van der Waals surface area contributed by atoms with Gasteiger partial charge in [-0.2, -0.15) is 0 Å². The van der Waals surface area contributed by atoms with Crippen molar-refractivity contribution < 1.29 is 0 Å². The summed E-state index contributed by atoms with van der Waals surface area (Å²) in [5.74, 6) is 0.883. The fourth-order valence-corrected chi connectivity index (χ4v) is 3.49. The number of rotatable bonds is 3. The van der Waals surface area contributed by atoms with E-state index in [4.69, 9.17) is 4.98 Å². The second-order valence-corrected chi connectivity index (χ2v) is 6.30. The molecule has 0 saturated heterocycles. The quantitative estimate of drug-likeness (QED) is 0.930. The second kappa shape index (κ2) is 5.39. The van der Waals surface area contributed by atoms with E-state index in [1.165, 1.54) is 33.9 Å². The normalized spacial score (nSPS) is 18.3. The molecule has 2 heterocycles. The van der Waals surface area contributed by atoms with Gasteiger partial charge in [-0.15, -0.1) is 11.3 Å². The molecule has 3 nitrogen and oxygen atoms in total. The molecule has 0 aliphatic heterocycles. The Morgan fingerprint density at radius 1 is 1.42 bits per heavy atom. The Kier molecular flexibility index (Phi) is 3.62. The lowest BCUT2D eigenvalue weighted by atomic mass is 9.92. The van der Waals surface area contributed by atoms with Crippen LogP contribution in [0.5, 0.6) is 0 Å². The summed E-state index contributed by atoms with van der Waals surface area (Å²) >= 11 is 1.76. The number of aromatic nitrogens is 2. The third kappa shape index (κ3) is 2.55. The third-order valence-electron chi connectivity index (χ3n) is 3.59. The summed E-state index contributed by atoms with van der Waals surface area (Å²) in [5.41, 5.74) is 2.53. The highest BCUT2D eigenvalue weighted by molar-refractivity contribution is 7.15. The van der Waals surface area contributed by atoms with Crippen LogP contribution < -0.4 is 5.32 Å². The highest BCUT2D eigenvalue weighted by Crippen LogP contribution is 2.31. The van der Waals surface area contributed by atoms with E-state index in [9.17, 15) is 0 Å². The molecule has 2 aromatic rings. The number of nitrogens with zero attached hydrogens (tertiary/aromatic N) is 2. The minimum atomic E-state index is 0.438. The number of nitrogens with one attached hydrogen (secondary N) is 1. The molecule has 3 rings (SSSR count). The van der Waals surface area contributed by atoms with E-state index in [1.54, 1.807) is 11.3 Å². The van der Waals surface area contributed by atoms with E-state index in [1.807, 2.05) is 6.20 Å². The topological polar surface area (TPSA) is 37.8 Å². The number of hydrogen-bond donors (Lipinski definition) is 1. The SMILES string of the molecule is CCNC1CCCc2nc(-c3ccc(C)s3)ncc21. The lowest BCUT2D eigenvalue weighted by molar-refractivity contribution is 0.464. The Hall–Kier alpha value is -1.26. The average Bonchev–Trinajstić information content (AvgIpc) is 2.86. The van der Waals surface area contributed by atoms with Crippen molar-refractivity contribution in [1.82, 2.24) is 15.3 Å². The zero-order valence-electron chi connectivity index (χ0n) is 11.4. The van der Waals surface area contributed by atoms with Crippen LogP contribution in [-0.2, 0) is 6.42 Å². The van der Waals surface area contributed by atoms with Crippen molar-refractivity contribution in [3.8, 4) is 10.7 Å². The maximum atomic E-state index is 4.79. The molecule has 0 saturated carbocycles. The van der Waals surface area contributed by atoms with Gasteiger partial charge in [0, 0.05) is 28.4 Å². The zero-order chi connectivity index (χ0) is 13.2. The number of aryl methyl sites for hydroxylation is 2. The first-order valence-electron chi connectivity index (χ1n) is 6.94. The van der Waals surface area contributed by atoms with E-state index >= 15 is 0 Å². The Labute approximate surface area is 118 Å². The van der Waals surface area contributed by atoms with E-state index in [0.717, 1.165) is 18.8 Å². The summed E-state index contributed by atoms with van der Waals surface area (Å²) in [5, 5.41) is 3.53. The van der Waals surface area contributed by atoms with Crippen molar-refractivity contribution in [1.29, 1.82) is 0 Å². The first kappa shape index (κ1) is 12.8. The van der Waals surface area contributed by atoms with Crippen molar-refractivity contribution in [3.63, 3.8) is 0 Å². The molecule has 1 atom stereocenters. The van der Waals surface area contributed by atoms with Crippen molar-refractivity contribution in [3.05, 3.63) is 34.5 Å². The first-order chi connectivity index (χ1) is 9.28. The standard InChI is InChI=1S/C15H19N3S/c1-3-16-12-5-4-6-13-11(12)9-17-15(18-13)14-8-7-10(2)19-14/h7-9,12,16H,3-6H2,1-2H3. The van der Waals surface area contributed by atoms with Gasteiger partial charge in [-0.25, -0.2) is 9.97 Å². The molecule has 1 aliphatic rings. The van der Waals surface area contributed by atoms with E-state index in [-0.39, 0.29) is 0 Å². The van der Waals surface area contributed by atoms with Gasteiger partial charge in [0.25, 0.3) is 0 Å². The van der Waals surface area contributed by atoms with Crippen LogP contribution >= 0.6 is 11.3 Å². The van der Waals surface area contributed by atoms with Gasteiger partial charge in [0.1, 0.15) is 0 Å². The van der Waals surface area contributed by atoms with Crippen LogP contribution in [0.15, 0.2) is 18.3 Å². The van der Waals surface area contributed by atoms with E-state index in [2.05, 4.69) is 36.3 Å². The zero-order valence-corrected chi connectivity index (χ0v) is 12.3. The Morgan fingerprint density at radius 2 is 2.32 bits per heavy atom. The van der Waals surface area contributed by atoms with Crippen LogP contribution in [0.4, 0.5) is 0 Å². The predicted octanol–water partition coefficient (Wildman–Crippen LogP) is 3.50. The van der Waals surface area contributed by atoms with Crippen molar-refractivity contribution in [2.24, 2.45) is 0 Å². The molecular formula is C15H19N3S. The van der Waals surface area contributed by atoms with Gasteiger partial charge < -0.3 is 5.32 Å². The van der Waals surface area contributed by atoms with Gasteiger partial charge in [0.15, 0.2) is 5.82 Å². The van der Waals surface area contributed by atoms with Crippen LogP contribution in [-0.4, -0.2) is 16.5 Å². The molecule has 1 aliphatic carbocycles. The van der Waals surface area contributed by atoms with E-state index < -0.39 is 0 Å². The molecule has 0 bridgehead atoms. The third-order valence-corrected chi connectivity index (χ3v) is 4.59. The van der Waals surface area contributed by atoms with Gasteiger partial charge in [0.2, 0.25) is 0 Å². The molecule has 0 fully saturated rings. The molecule has 100 valence electrons.